The molecule has 0 N–H and O–H groups in total. The van der Waals surface area contributed by atoms with Crippen molar-refractivity contribution in [3.8, 4) is 5.75 Å². The van der Waals surface area contributed by atoms with Crippen LogP contribution in [-0.4, -0.2) is 11.6 Å². The van der Waals surface area contributed by atoms with Crippen LogP contribution in [0.2, 0.25) is 0 Å². The average molecular weight is 301 g/mol. The predicted molar refractivity (Wildman–Crippen MR) is 82.8 cm³/mol. The van der Waals surface area contributed by atoms with Gasteiger partial charge < -0.3 is 9.47 Å². The molecule has 0 amide bonds. The molecule has 0 saturated carbocycles. The quantitative estimate of drug-likeness (QED) is 0.853. The minimum atomic E-state index is 0.212. The first-order valence-electron chi connectivity index (χ1n) is 7.69. The van der Waals surface area contributed by atoms with E-state index in [2.05, 4.69) is 28.6 Å². The zero-order valence-corrected chi connectivity index (χ0v) is 12.8. The summed E-state index contributed by atoms with van der Waals surface area (Å²) < 4.78 is 11.6. The molecule has 1 aliphatic carbocycles. The van der Waals surface area contributed by atoms with E-state index in [1.807, 2.05) is 0 Å². The zero-order chi connectivity index (χ0) is 14.1. The fourth-order valence-electron chi connectivity index (χ4n) is 3.10. The molecule has 4 rings (SSSR count). The van der Waals surface area contributed by atoms with E-state index in [4.69, 9.17) is 9.47 Å². The van der Waals surface area contributed by atoms with Gasteiger partial charge in [0.15, 0.2) is 0 Å². The molecular formula is C17H19NO2S. The molecule has 1 aromatic carbocycles. The molecule has 2 aliphatic rings. The number of aromatic nitrogens is 1. The molecule has 1 saturated heterocycles. The van der Waals surface area contributed by atoms with Crippen LogP contribution in [0.5, 0.6) is 5.75 Å². The first-order valence-corrected chi connectivity index (χ1v) is 8.57. The van der Waals surface area contributed by atoms with E-state index in [-0.39, 0.29) is 6.10 Å². The SMILES string of the molecule is c1cc2c(cc1OCc1csc([C@@H]3CCCO3)n1)CCC2. The van der Waals surface area contributed by atoms with Crippen LogP contribution in [0, 0.1) is 0 Å². The van der Waals surface area contributed by atoms with Crippen molar-refractivity contribution in [3.63, 3.8) is 0 Å². The van der Waals surface area contributed by atoms with Gasteiger partial charge in [0, 0.05) is 12.0 Å². The Bertz CT molecular complexity index is 631. The smallest absolute Gasteiger partial charge is 0.131 e. The van der Waals surface area contributed by atoms with Crippen LogP contribution in [-0.2, 0) is 24.2 Å². The van der Waals surface area contributed by atoms with Gasteiger partial charge in [-0.15, -0.1) is 11.3 Å². The second-order valence-electron chi connectivity index (χ2n) is 5.75. The Morgan fingerprint density at radius 2 is 2.19 bits per heavy atom. The predicted octanol–water partition coefficient (Wildman–Crippen LogP) is 4.06. The summed E-state index contributed by atoms with van der Waals surface area (Å²) in [5.41, 5.74) is 3.94. The standard InChI is InChI=1S/C17H19NO2S/c1-3-12-6-7-15(9-13(12)4-1)20-10-14-11-21-17(18-14)16-5-2-8-19-16/h6-7,9,11,16H,1-5,8,10H2/t16-/m0/s1. The summed E-state index contributed by atoms with van der Waals surface area (Å²) in [7, 11) is 0. The number of thiazole rings is 1. The first-order chi connectivity index (χ1) is 10.4. The van der Waals surface area contributed by atoms with Crippen LogP contribution >= 0.6 is 11.3 Å². The Labute approximate surface area is 128 Å². The molecule has 3 nitrogen and oxygen atoms in total. The normalized spacial score (nSPS) is 20.7. The van der Waals surface area contributed by atoms with Gasteiger partial charge >= 0.3 is 0 Å². The highest BCUT2D eigenvalue weighted by Crippen LogP contribution is 2.31. The molecule has 4 heteroatoms. The third-order valence-corrected chi connectivity index (χ3v) is 5.22. The van der Waals surface area contributed by atoms with E-state index in [0.29, 0.717) is 6.61 Å². The molecule has 0 bridgehead atoms. The molecular weight excluding hydrogens is 282 g/mol. The summed E-state index contributed by atoms with van der Waals surface area (Å²) >= 11 is 1.69. The van der Waals surface area contributed by atoms with Gasteiger partial charge in [-0.05, 0) is 55.4 Å². The van der Waals surface area contributed by atoms with Crippen LogP contribution in [0.4, 0.5) is 0 Å². The van der Waals surface area contributed by atoms with Crippen LogP contribution in [0.25, 0.3) is 0 Å². The number of benzene rings is 1. The molecule has 110 valence electrons. The number of rotatable bonds is 4. The molecule has 1 fully saturated rings. The summed E-state index contributed by atoms with van der Waals surface area (Å²) in [5.74, 6) is 0.960. The number of hydrogen-bond donors (Lipinski definition) is 0. The third-order valence-electron chi connectivity index (χ3n) is 4.23. The van der Waals surface area contributed by atoms with Crippen molar-refractivity contribution in [2.45, 2.75) is 44.8 Å². The lowest BCUT2D eigenvalue weighted by molar-refractivity contribution is 0.111. The van der Waals surface area contributed by atoms with Crippen LogP contribution in [0.3, 0.4) is 0 Å². The average Bonchev–Trinajstić information content (AvgIpc) is 3.24. The number of nitrogens with zero attached hydrogens (tertiary/aromatic N) is 1. The molecule has 2 heterocycles. The molecule has 1 aromatic heterocycles. The fraction of sp³-hybridized carbons (Fsp3) is 0.471. The van der Waals surface area contributed by atoms with E-state index in [1.54, 1.807) is 11.3 Å². The van der Waals surface area contributed by atoms with E-state index in [0.717, 1.165) is 35.9 Å². The molecule has 1 aliphatic heterocycles. The second kappa shape index (κ2) is 5.78. The second-order valence-corrected chi connectivity index (χ2v) is 6.64. The van der Waals surface area contributed by atoms with E-state index in [9.17, 15) is 0 Å². The maximum Gasteiger partial charge on any atom is 0.131 e. The molecule has 2 aromatic rings. The van der Waals surface area contributed by atoms with Crippen molar-refractivity contribution in [2.75, 3.05) is 6.61 Å². The van der Waals surface area contributed by atoms with Crippen molar-refractivity contribution < 1.29 is 9.47 Å². The van der Waals surface area contributed by atoms with Crippen molar-refractivity contribution >= 4 is 11.3 Å². The Morgan fingerprint density at radius 3 is 3.10 bits per heavy atom. The minimum Gasteiger partial charge on any atom is -0.487 e. The lowest BCUT2D eigenvalue weighted by Gasteiger charge is -2.07. The minimum absolute atomic E-state index is 0.212. The fourth-order valence-corrected chi connectivity index (χ4v) is 3.99. The van der Waals surface area contributed by atoms with E-state index < -0.39 is 0 Å². The van der Waals surface area contributed by atoms with E-state index >= 15 is 0 Å². The van der Waals surface area contributed by atoms with Gasteiger partial charge in [-0.3, -0.25) is 0 Å². The highest BCUT2D eigenvalue weighted by molar-refractivity contribution is 7.09. The number of hydrogen-bond acceptors (Lipinski definition) is 4. The molecule has 0 unspecified atom stereocenters. The lowest BCUT2D eigenvalue weighted by atomic mass is 10.1. The monoisotopic (exact) mass is 301 g/mol. The number of aryl methyl sites for hydroxylation is 2. The van der Waals surface area contributed by atoms with Crippen LogP contribution < -0.4 is 4.74 Å². The van der Waals surface area contributed by atoms with Crippen LogP contribution in [0.1, 0.15) is 47.2 Å². The van der Waals surface area contributed by atoms with Crippen LogP contribution in [0.15, 0.2) is 23.6 Å². The first kappa shape index (κ1) is 13.3. The highest BCUT2D eigenvalue weighted by Gasteiger charge is 2.21. The summed E-state index contributed by atoms with van der Waals surface area (Å²) in [5, 5.41) is 3.18. The van der Waals surface area contributed by atoms with Gasteiger partial charge in [0.1, 0.15) is 23.5 Å². The van der Waals surface area contributed by atoms with E-state index in [1.165, 1.54) is 30.4 Å². The lowest BCUT2D eigenvalue weighted by Crippen LogP contribution is -1.99. The van der Waals surface area contributed by atoms with Gasteiger partial charge in [-0.2, -0.15) is 0 Å². The molecule has 0 radical (unpaired) electrons. The van der Waals surface area contributed by atoms with Gasteiger partial charge in [0.25, 0.3) is 0 Å². The summed E-state index contributed by atoms with van der Waals surface area (Å²) in [4.78, 5) is 4.65. The Balaban J connectivity index is 1.40. The van der Waals surface area contributed by atoms with Gasteiger partial charge in [0.2, 0.25) is 0 Å². The Morgan fingerprint density at radius 1 is 1.24 bits per heavy atom. The Kier molecular flexibility index (Phi) is 3.65. The van der Waals surface area contributed by atoms with Gasteiger partial charge in [-0.25, -0.2) is 4.98 Å². The van der Waals surface area contributed by atoms with Crippen molar-refractivity contribution in [1.29, 1.82) is 0 Å². The largest absolute Gasteiger partial charge is 0.487 e. The van der Waals surface area contributed by atoms with Crippen molar-refractivity contribution in [3.05, 3.63) is 45.4 Å². The maximum atomic E-state index is 5.90. The van der Waals surface area contributed by atoms with Crippen molar-refractivity contribution in [2.24, 2.45) is 0 Å². The number of ether oxygens (including phenoxy) is 2. The summed E-state index contributed by atoms with van der Waals surface area (Å²) in [6.07, 6.45) is 6.13. The zero-order valence-electron chi connectivity index (χ0n) is 12.0. The molecule has 21 heavy (non-hydrogen) atoms. The van der Waals surface area contributed by atoms with Crippen molar-refractivity contribution in [1.82, 2.24) is 4.98 Å². The molecule has 1 atom stereocenters. The van der Waals surface area contributed by atoms with Gasteiger partial charge in [-0.1, -0.05) is 6.07 Å². The number of fused-ring (bicyclic) bond motifs is 1. The molecule has 0 spiro atoms. The Hall–Kier alpha value is -1.39. The maximum absolute atomic E-state index is 5.90. The summed E-state index contributed by atoms with van der Waals surface area (Å²) in [6, 6.07) is 6.48. The highest BCUT2D eigenvalue weighted by atomic mass is 32.1. The topological polar surface area (TPSA) is 31.4 Å². The summed E-state index contributed by atoms with van der Waals surface area (Å²) in [6.45, 7) is 1.41. The van der Waals surface area contributed by atoms with Gasteiger partial charge in [0.05, 0.1) is 5.69 Å². The third kappa shape index (κ3) is 2.83.